The molecule has 172 valence electrons. The number of hydrogen-bond acceptors (Lipinski definition) is 5. The second-order valence-corrected chi connectivity index (χ2v) is 8.93. The van der Waals surface area contributed by atoms with Gasteiger partial charge in [0.25, 0.3) is 5.91 Å². The quantitative estimate of drug-likeness (QED) is 0.476. The lowest BCUT2D eigenvalue weighted by Gasteiger charge is -2.34. The number of rotatable bonds is 3. The van der Waals surface area contributed by atoms with Gasteiger partial charge in [0.15, 0.2) is 0 Å². The Bertz CT molecular complexity index is 1260. The molecule has 4 rings (SSSR count). The van der Waals surface area contributed by atoms with E-state index in [1.54, 1.807) is 51.1 Å². The number of aromatic amines is 1. The Labute approximate surface area is 189 Å². The molecule has 1 unspecified atom stereocenters. The first-order chi connectivity index (χ1) is 15.5. The molecule has 33 heavy (non-hydrogen) atoms. The van der Waals surface area contributed by atoms with Gasteiger partial charge in [-0.15, -0.1) is 0 Å². The van der Waals surface area contributed by atoms with Gasteiger partial charge < -0.3 is 20.6 Å². The molecule has 1 atom stereocenters. The van der Waals surface area contributed by atoms with E-state index in [4.69, 9.17) is 10.5 Å². The van der Waals surface area contributed by atoms with Gasteiger partial charge in [-0.25, -0.2) is 14.6 Å². The highest BCUT2D eigenvalue weighted by molar-refractivity contribution is 6.04. The molecule has 10 heteroatoms. The fourth-order valence-electron chi connectivity index (χ4n) is 3.94. The van der Waals surface area contributed by atoms with E-state index in [2.05, 4.69) is 15.3 Å². The molecule has 1 aliphatic heterocycles. The number of aromatic nitrogens is 2. The third-order valence-electron chi connectivity index (χ3n) is 5.34. The van der Waals surface area contributed by atoms with Crippen LogP contribution in [0.4, 0.5) is 15.3 Å². The minimum absolute atomic E-state index is 0.110. The molecule has 2 heterocycles. The molecule has 5 N–H and O–H groups in total. The molecular weight excluding hydrogens is 426 g/mol. The summed E-state index contributed by atoms with van der Waals surface area (Å²) in [5.41, 5.74) is 8.33. The van der Waals surface area contributed by atoms with Gasteiger partial charge in [-0.2, -0.15) is 0 Å². The van der Waals surface area contributed by atoms with E-state index in [0.29, 0.717) is 29.0 Å². The van der Waals surface area contributed by atoms with Crippen molar-refractivity contribution in [3.05, 3.63) is 58.9 Å². The Hall–Kier alpha value is -4.08. The molecule has 0 fully saturated rings. The van der Waals surface area contributed by atoms with E-state index in [1.165, 1.54) is 4.90 Å². The summed E-state index contributed by atoms with van der Waals surface area (Å²) in [6, 6.07) is 9.80. The second kappa shape index (κ2) is 8.12. The maximum Gasteiger partial charge on any atom is 0.412 e. The van der Waals surface area contributed by atoms with Crippen molar-refractivity contribution in [3.8, 4) is 0 Å². The number of carbonyl (C=O) groups is 3. The SMILES string of the molecule is CC(C)(C)OC(=O)Nc1ccc2c(c1)CN(C(=O)O)C(c1nc3c(C(N)=O)cccc3[nH]1)C2. The van der Waals surface area contributed by atoms with Crippen LogP contribution in [0, 0.1) is 0 Å². The van der Waals surface area contributed by atoms with Crippen LogP contribution in [0.15, 0.2) is 36.4 Å². The van der Waals surface area contributed by atoms with E-state index < -0.39 is 29.7 Å². The van der Waals surface area contributed by atoms with Crippen LogP contribution in [0.1, 0.15) is 54.1 Å². The van der Waals surface area contributed by atoms with Gasteiger partial charge in [-0.1, -0.05) is 12.1 Å². The molecule has 3 aromatic rings. The van der Waals surface area contributed by atoms with Crippen molar-refractivity contribution in [2.45, 2.75) is 45.4 Å². The largest absolute Gasteiger partial charge is 0.465 e. The van der Waals surface area contributed by atoms with Crippen LogP contribution in [0.2, 0.25) is 0 Å². The minimum Gasteiger partial charge on any atom is -0.465 e. The molecule has 1 aliphatic rings. The van der Waals surface area contributed by atoms with Crippen LogP contribution in [0.25, 0.3) is 11.0 Å². The van der Waals surface area contributed by atoms with Crippen molar-refractivity contribution in [3.63, 3.8) is 0 Å². The van der Waals surface area contributed by atoms with Gasteiger partial charge in [0.1, 0.15) is 16.9 Å². The standard InChI is InChI=1S/C23H25N5O5/c1-23(2,3)33-21(30)25-14-8-7-12-10-17(28(22(31)32)11-13(12)9-14)20-26-16-6-4-5-15(19(24)29)18(16)27-20/h4-9,17H,10-11H2,1-3H3,(H2,24,29)(H,25,30)(H,26,27)(H,31,32). The van der Waals surface area contributed by atoms with E-state index in [-0.39, 0.29) is 12.1 Å². The normalized spacial score (nSPS) is 15.7. The Morgan fingerprint density at radius 3 is 2.64 bits per heavy atom. The Kier molecular flexibility index (Phi) is 5.44. The lowest BCUT2D eigenvalue weighted by Crippen LogP contribution is -2.38. The number of anilines is 1. The average molecular weight is 451 g/mol. The monoisotopic (exact) mass is 451 g/mol. The van der Waals surface area contributed by atoms with E-state index in [9.17, 15) is 19.5 Å². The lowest BCUT2D eigenvalue weighted by molar-refractivity contribution is 0.0635. The minimum atomic E-state index is -1.10. The van der Waals surface area contributed by atoms with E-state index >= 15 is 0 Å². The summed E-state index contributed by atoms with van der Waals surface area (Å²) in [5.74, 6) is -0.171. The molecule has 0 aliphatic carbocycles. The molecule has 2 aromatic carbocycles. The number of benzene rings is 2. The van der Waals surface area contributed by atoms with Crippen LogP contribution in [-0.4, -0.2) is 43.7 Å². The summed E-state index contributed by atoms with van der Waals surface area (Å²) < 4.78 is 5.28. The van der Waals surface area contributed by atoms with Crippen LogP contribution < -0.4 is 11.1 Å². The molecule has 0 spiro atoms. The fourth-order valence-corrected chi connectivity index (χ4v) is 3.94. The van der Waals surface area contributed by atoms with Crippen molar-refractivity contribution in [2.24, 2.45) is 5.73 Å². The van der Waals surface area contributed by atoms with Crippen LogP contribution in [-0.2, 0) is 17.7 Å². The molecule has 10 nitrogen and oxygen atoms in total. The number of amides is 3. The molecular formula is C23H25N5O5. The number of nitrogens with two attached hydrogens (primary N) is 1. The number of hydrogen-bond donors (Lipinski definition) is 4. The van der Waals surface area contributed by atoms with Gasteiger partial charge in [-0.05, 0) is 56.2 Å². The third-order valence-corrected chi connectivity index (χ3v) is 5.34. The van der Waals surface area contributed by atoms with Crippen molar-refractivity contribution in [2.75, 3.05) is 5.32 Å². The first-order valence-corrected chi connectivity index (χ1v) is 10.4. The summed E-state index contributed by atoms with van der Waals surface area (Å²) in [7, 11) is 0. The maximum absolute atomic E-state index is 12.1. The summed E-state index contributed by atoms with van der Waals surface area (Å²) in [5, 5.41) is 12.6. The Morgan fingerprint density at radius 2 is 1.97 bits per heavy atom. The third kappa shape index (κ3) is 4.59. The van der Waals surface area contributed by atoms with Crippen LogP contribution >= 0.6 is 0 Å². The average Bonchev–Trinajstić information content (AvgIpc) is 3.15. The Balaban J connectivity index is 1.64. The van der Waals surface area contributed by atoms with E-state index in [1.807, 2.05) is 6.07 Å². The number of H-pyrrole nitrogens is 1. The number of carboxylic acid groups (broad SMARTS) is 1. The zero-order valence-corrected chi connectivity index (χ0v) is 18.5. The zero-order chi connectivity index (χ0) is 23.9. The number of primary amides is 1. The Morgan fingerprint density at radius 1 is 1.21 bits per heavy atom. The number of nitrogens with one attached hydrogen (secondary N) is 2. The number of ether oxygens (including phenoxy) is 1. The van der Waals surface area contributed by atoms with Gasteiger partial charge in [0, 0.05) is 12.1 Å². The second-order valence-electron chi connectivity index (χ2n) is 8.93. The zero-order valence-electron chi connectivity index (χ0n) is 18.5. The predicted octanol–water partition coefficient (Wildman–Crippen LogP) is 3.79. The number of carbonyl (C=O) groups excluding carboxylic acids is 2. The fraction of sp³-hybridized carbons (Fsp3) is 0.304. The highest BCUT2D eigenvalue weighted by Crippen LogP contribution is 2.34. The van der Waals surface area contributed by atoms with Crippen LogP contribution in [0.3, 0.4) is 0 Å². The molecule has 3 amide bonds. The van der Waals surface area contributed by atoms with Gasteiger partial charge >= 0.3 is 12.2 Å². The van der Waals surface area contributed by atoms with E-state index in [0.717, 1.165) is 11.1 Å². The summed E-state index contributed by atoms with van der Waals surface area (Å²) in [6.07, 6.45) is -1.31. The lowest BCUT2D eigenvalue weighted by atomic mass is 9.93. The van der Waals surface area contributed by atoms with Crippen LogP contribution in [0.5, 0.6) is 0 Å². The number of nitrogens with zero attached hydrogens (tertiary/aromatic N) is 2. The summed E-state index contributed by atoms with van der Waals surface area (Å²) in [6.45, 7) is 5.43. The predicted molar refractivity (Wildman–Crippen MR) is 121 cm³/mol. The molecule has 0 saturated heterocycles. The van der Waals surface area contributed by atoms with Crippen molar-refractivity contribution < 1.29 is 24.2 Å². The number of para-hydroxylation sites is 1. The van der Waals surface area contributed by atoms with Crippen molar-refractivity contribution in [1.29, 1.82) is 0 Å². The first-order valence-electron chi connectivity index (χ1n) is 10.4. The first kappa shape index (κ1) is 22.1. The van der Waals surface area contributed by atoms with Gasteiger partial charge in [-0.3, -0.25) is 15.0 Å². The molecule has 1 aromatic heterocycles. The van der Waals surface area contributed by atoms with Gasteiger partial charge in [0.2, 0.25) is 0 Å². The highest BCUT2D eigenvalue weighted by atomic mass is 16.6. The summed E-state index contributed by atoms with van der Waals surface area (Å²) in [4.78, 5) is 44.8. The molecule has 0 saturated carbocycles. The van der Waals surface area contributed by atoms with Crippen molar-refractivity contribution >= 4 is 34.8 Å². The van der Waals surface area contributed by atoms with Crippen molar-refractivity contribution in [1.82, 2.24) is 14.9 Å². The molecule has 0 bridgehead atoms. The molecule has 0 radical (unpaired) electrons. The van der Waals surface area contributed by atoms with Gasteiger partial charge in [0.05, 0.1) is 23.7 Å². The highest BCUT2D eigenvalue weighted by Gasteiger charge is 2.33. The smallest absolute Gasteiger partial charge is 0.412 e. The summed E-state index contributed by atoms with van der Waals surface area (Å²) >= 11 is 0. The number of fused-ring (bicyclic) bond motifs is 2. The number of imidazole rings is 1. The maximum atomic E-state index is 12.1. The topological polar surface area (TPSA) is 151 Å².